The summed E-state index contributed by atoms with van der Waals surface area (Å²) in [6.07, 6.45) is 11.0. The number of rotatable bonds is 6. The molecule has 190 valence electrons. The molecule has 1 amide bonds. The van der Waals surface area contributed by atoms with Crippen LogP contribution in [0.5, 0.6) is 0 Å². The number of piperidine rings is 1. The molecule has 0 atom stereocenters. The highest BCUT2D eigenvalue weighted by Gasteiger charge is 2.30. The van der Waals surface area contributed by atoms with E-state index in [2.05, 4.69) is 26.4 Å². The number of carbonyl (C=O) groups excluding carboxylic acids is 1. The third kappa shape index (κ3) is 4.71. The predicted octanol–water partition coefficient (Wildman–Crippen LogP) is 3.90. The summed E-state index contributed by atoms with van der Waals surface area (Å²) < 4.78 is 1.60. The number of hydrogen-bond donors (Lipinski definition) is 0. The molecule has 1 aliphatic carbocycles. The highest BCUT2D eigenvalue weighted by Crippen LogP contribution is 2.29. The molecule has 0 saturated carbocycles. The molecule has 0 unspecified atom stereocenters. The van der Waals surface area contributed by atoms with E-state index in [4.69, 9.17) is 0 Å². The Hall–Kier alpha value is -4.07. The lowest BCUT2D eigenvalue weighted by Gasteiger charge is -2.37. The molecule has 0 radical (unpaired) electrons. The Morgan fingerprint density at radius 1 is 1.22 bits per heavy atom. The molecule has 2 aliphatic rings. The molecule has 4 heterocycles. The Balaban J connectivity index is 1.32. The van der Waals surface area contributed by atoms with Gasteiger partial charge >= 0.3 is 0 Å². The van der Waals surface area contributed by atoms with Gasteiger partial charge in [0.2, 0.25) is 0 Å². The van der Waals surface area contributed by atoms with Crippen LogP contribution in [0.1, 0.15) is 46.9 Å². The fourth-order valence-electron chi connectivity index (χ4n) is 5.35. The topological polar surface area (TPSA) is 84.2 Å². The first-order valence-corrected chi connectivity index (χ1v) is 12.7. The maximum atomic E-state index is 13.7. The van der Waals surface area contributed by atoms with Crippen LogP contribution >= 0.6 is 0 Å². The molecule has 8 nitrogen and oxygen atoms in total. The van der Waals surface area contributed by atoms with Crippen molar-refractivity contribution in [1.29, 1.82) is 0 Å². The van der Waals surface area contributed by atoms with Crippen LogP contribution in [0.2, 0.25) is 0 Å². The van der Waals surface area contributed by atoms with Crippen molar-refractivity contribution < 1.29 is 4.79 Å². The summed E-state index contributed by atoms with van der Waals surface area (Å²) in [5.74, 6) is 0.838. The van der Waals surface area contributed by atoms with E-state index in [1.54, 1.807) is 29.4 Å². The van der Waals surface area contributed by atoms with E-state index in [-0.39, 0.29) is 17.5 Å². The number of aryl methyl sites for hydroxylation is 1. The molecule has 5 rings (SSSR count). The van der Waals surface area contributed by atoms with E-state index in [9.17, 15) is 9.59 Å². The number of hydrogen-bond acceptors (Lipinski definition) is 6. The third-order valence-electron chi connectivity index (χ3n) is 7.41. The van der Waals surface area contributed by atoms with E-state index in [0.29, 0.717) is 24.1 Å². The first-order chi connectivity index (χ1) is 17.9. The first kappa shape index (κ1) is 24.6. The van der Waals surface area contributed by atoms with Crippen LogP contribution in [0.25, 0.3) is 17.3 Å². The Morgan fingerprint density at radius 2 is 2.00 bits per heavy atom. The molecule has 0 spiro atoms. The highest BCUT2D eigenvalue weighted by molar-refractivity contribution is 5.98. The molecular formula is C29H32N6O2. The zero-order valence-electron chi connectivity index (χ0n) is 21.6. The van der Waals surface area contributed by atoms with Crippen LogP contribution in [-0.2, 0) is 13.0 Å². The Kier molecular flexibility index (Phi) is 6.74. The summed E-state index contributed by atoms with van der Waals surface area (Å²) in [6.45, 7) is 9.70. The average Bonchev–Trinajstić information content (AvgIpc) is 3.32. The van der Waals surface area contributed by atoms with Gasteiger partial charge in [0.1, 0.15) is 12.1 Å². The van der Waals surface area contributed by atoms with Crippen LogP contribution in [0.4, 0.5) is 5.82 Å². The first-order valence-electron chi connectivity index (χ1n) is 12.7. The van der Waals surface area contributed by atoms with Crippen molar-refractivity contribution in [2.24, 2.45) is 0 Å². The van der Waals surface area contributed by atoms with Gasteiger partial charge in [-0.15, -0.1) is 6.58 Å². The normalized spacial score (nSPS) is 15.3. The highest BCUT2D eigenvalue weighted by atomic mass is 16.2. The van der Waals surface area contributed by atoms with Gasteiger partial charge in [-0.25, -0.2) is 9.97 Å². The molecule has 1 saturated heterocycles. The second-order valence-electron chi connectivity index (χ2n) is 9.88. The van der Waals surface area contributed by atoms with Gasteiger partial charge in [0.15, 0.2) is 0 Å². The largest absolute Gasteiger partial charge is 0.356 e. The maximum absolute atomic E-state index is 13.7. The van der Waals surface area contributed by atoms with E-state index in [0.717, 1.165) is 59.8 Å². The standard InChI is InChI=1S/C29H32N6O2/c1-5-11-35-17-25(23-14-19(2)15-24(23)29(35)37)28(36)33(4)21-8-12-34(13-9-21)27-16-26(31-18-32-27)22-7-6-10-30-20(22)3/h5-7,10,14,16-18,21H,1,8-9,11-13,15H2,2-4H3. The summed E-state index contributed by atoms with van der Waals surface area (Å²) in [6, 6.07) is 6.05. The number of nitrogens with zero attached hydrogens (tertiary/aromatic N) is 6. The Morgan fingerprint density at radius 3 is 2.73 bits per heavy atom. The van der Waals surface area contributed by atoms with Crippen LogP contribution in [0.15, 0.2) is 59.9 Å². The van der Waals surface area contributed by atoms with Crippen molar-refractivity contribution in [3.05, 3.63) is 87.9 Å². The molecular weight excluding hydrogens is 464 g/mol. The van der Waals surface area contributed by atoms with Crippen molar-refractivity contribution >= 4 is 17.8 Å². The van der Waals surface area contributed by atoms with Gasteiger partial charge in [0.25, 0.3) is 11.5 Å². The van der Waals surface area contributed by atoms with Gasteiger partial charge in [-0.05, 0) is 50.8 Å². The minimum atomic E-state index is -0.0464. The minimum absolute atomic E-state index is 0.0405. The van der Waals surface area contributed by atoms with Gasteiger partial charge in [-0.3, -0.25) is 14.6 Å². The second kappa shape index (κ2) is 10.1. The fourth-order valence-corrected chi connectivity index (χ4v) is 5.35. The van der Waals surface area contributed by atoms with Gasteiger partial charge < -0.3 is 14.4 Å². The van der Waals surface area contributed by atoms with Crippen molar-refractivity contribution in [2.45, 2.75) is 45.7 Å². The monoisotopic (exact) mass is 496 g/mol. The van der Waals surface area contributed by atoms with Gasteiger partial charge in [0, 0.05) is 68.0 Å². The number of amides is 1. The molecule has 0 aromatic carbocycles. The van der Waals surface area contributed by atoms with E-state index < -0.39 is 0 Å². The number of pyridine rings is 2. The predicted molar refractivity (Wildman–Crippen MR) is 146 cm³/mol. The number of allylic oxidation sites excluding steroid dienone is 2. The molecule has 3 aromatic heterocycles. The number of carbonyl (C=O) groups is 1. The third-order valence-corrected chi connectivity index (χ3v) is 7.41. The summed E-state index contributed by atoms with van der Waals surface area (Å²) in [7, 11) is 1.87. The lowest BCUT2D eigenvalue weighted by molar-refractivity contribution is 0.0708. The van der Waals surface area contributed by atoms with Gasteiger partial charge in [-0.1, -0.05) is 17.7 Å². The lowest BCUT2D eigenvalue weighted by atomic mass is 10.0. The lowest BCUT2D eigenvalue weighted by Crippen LogP contribution is -2.46. The second-order valence-corrected chi connectivity index (χ2v) is 9.88. The van der Waals surface area contributed by atoms with Crippen molar-refractivity contribution in [3.8, 4) is 11.3 Å². The average molecular weight is 497 g/mol. The number of anilines is 1. The van der Waals surface area contributed by atoms with E-state index in [1.807, 2.05) is 50.1 Å². The maximum Gasteiger partial charge on any atom is 0.255 e. The zero-order chi connectivity index (χ0) is 26.1. The van der Waals surface area contributed by atoms with Crippen LogP contribution in [0, 0.1) is 6.92 Å². The summed E-state index contributed by atoms with van der Waals surface area (Å²) in [5.41, 5.74) is 5.92. The molecule has 8 heteroatoms. The summed E-state index contributed by atoms with van der Waals surface area (Å²) >= 11 is 0. The van der Waals surface area contributed by atoms with Crippen LogP contribution in [-0.4, -0.2) is 56.5 Å². The molecule has 0 bridgehead atoms. The molecule has 3 aromatic rings. The van der Waals surface area contributed by atoms with Gasteiger partial charge in [-0.2, -0.15) is 0 Å². The smallest absolute Gasteiger partial charge is 0.255 e. The molecule has 0 N–H and O–H groups in total. The molecule has 1 fully saturated rings. The minimum Gasteiger partial charge on any atom is -0.356 e. The SMILES string of the molecule is C=CCn1cc(C(=O)N(C)C2CCN(c3cc(-c4cccnc4C)ncn3)CC2)c2c(c1=O)CC(C)=C2. The van der Waals surface area contributed by atoms with Gasteiger partial charge in [0.05, 0.1) is 11.3 Å². The van der Waals surface area contributed by atoms with Crippen molar-refractivity contribution in [2.75, 3.05) is 25.0 Å². The summed E-state index contributed by atoms with van der Waals surface area (Å²) in [4.78, 5) is 44.0. The quantitative estimate of drug-likeness (QED) is 0.482. The molecule has 1 aliphatic heterocycles. The number of aromatic nitrogens is 4. The zero-order valence-corrected chi connectivity index (χ0v) is 21.6. The van der Waals surface area contributed by atoms with E-state index in [1.165, 1.54) is 0 Å². The molecule has 37 heavy (non-hydrogen) atoms. The van der Waals surface area contributed by atoms with Crippen molar-refractivity contribution in [3.63, 3.8) is 0 Å². The van der Waals surface area contributed by atoms with Crippen LogP contribution < -0.4 is 10.5 Å². The summed E-state index contributed by atoms with van der Waals surface area (Å²) in [5, 5.41) is 0. The number of fused-ring (bicyclic) bond motifs is 1. The Labute approximate surface area is 217 Å². The van der Waals surface area contributed by atoms with E-state index >= 15 is 0 Å². The van der Waals surface area contributed by atoms with Crippen LogP contribution in [0.3, 0.4) is 0 Å². The van der Waals surface area contributed by atoms with Crippen molar-refractivity contribution in [1.82, 2.24) is 24.4 Å². The fraction of sp³-hybridized carbons (Fsp3) is 0.345. The Bertz CT molecular complexity index is 1450.